The topological polar surface area (TPSA) is 90.6 Å². The number of imide groups is 1. The molecule has 9 heteroatoms. The van der Waals surface area contributed by atoms with Crippen molar-refractivity contribution in [2.75, 3.05) is 11.4 Å². The molecule has 0 aliphatic carbocycles. The van der Waals surface area contributed by atoms with Gasteiger partial charge in [-0.25, -0.2) is 13.3 Å². The van der Waals surface area contributed by atoms with Crippen molar-refractivity contribution in [1.82, 2.24) is 9.29 Å². The molecule has 1 unspecified atom stereocenters. The molecule has 1 atom stereocenters. The number of rotatable bonds is 7. The highest BCUT2D eigenvalue weighted by Gasteiger charge is 2.46. The van der Waals surface area contributed by atoms with Gasteiger partial charge in [0.2, 0.25) is 15.9 Å². The van der Waals surface area contributed by atoms with Crippen LogP contribution < -0.4 is 4.90 Å². The number of nitrogens with zero attached hydrogens (tertiary/aromatic N) is 2. The number of halogens is 1. The smallest absolute Gasteiger partial charge is 0.252 e. The highest BCUT2D eigenvalue weighted by molar-refractivity contribution is 7.89. The number of nitrogens with one attached hydrogen (secondary N) is 1. The lowest BCUT2D eigenvalue weighted by atomic mass is 10.1. The van der Waals surface area contributed by atoms with Crippen molar-refractivity contribution in [2.45, 2.75) is 30.7 Å². The fourth-order valence-corrected chi connectivity index (χ4v) is 6.27. The molecule has 0 bridgehead atoms. The average Bonchev–Trinajstić information content (AvgIpc) is 3.40. The van der Waals surface area contributed by atoms with Crippen LogP contribution >= 0.6 is 11.6 Å². The van der Waals surface area contributed by atoms with Crippen LogP contribution in [0, 0.1) is 6.92 Å². The number of aryl methyl sites for hydroxylation is 1. The van der Waals surface area contributed by atoms with E-state index in [1.165, 1.54) is 16.4 Å². The molecular weight excluding hydrogens is 498 g/mol. The predicted molar refractivity (Wildman–Crippen MR) is 139 cm³/mol. The highest BCUT2D eigenvalue weighted by Crippen LogP contribution is 2.31. The van der Waals surface area contributed by atoms with Crippen LogP contribution in [0.25, 0.3) is 10.9 Å². The molecule has 7 nitrogen and oxygen atoms in total. The summed E-state index contributed by atoms with van der Waals surface area (Å²) in [5, 5.41) is 1.46. The second-order valence-electron chi connectivity index (χ2n) is 8.80. The van der Waals surface area contributed by atoms with Crippen LogP contribution in [0.2, 0.25) is 5.02 Å². The minimum Gasteiger partial charge on any atom is -0.361 e. The van der Waals surface area contributed by atoms with E-state index >= 15 is 0 Å². The number of hydrogen-bond acceptors (Lipinski definition) is 4. The summed E-state index contributed by atoms with van der Waals surface area (Å²) in [7, 11) is -4.07. The van der Waals surface area contributed by atoms with Gasteiger partial charge < -0.3 is 4.98 Å². The number of aromatic amines is 1. The van der Waals surface area contributed by atoms with Crippen LogP contribution in [-0.2, 0) is 26.0 Å². The van der Waals surface area contributed by atoms with Gasteiger partial charge in [0, 0.05) is 28.7 Å². The summed E-state index contributed by atoms with van der Waals surface area (Å²) in [5.41, 5.74) is 3.16. The molecule has 3 aromatic carbocycles. The van der Waals surface area contributed by atoms with Crippen molar-refractivity contribution >= 4 is 50.0 Å². The lowest BCUT2D eigenvalue weighted by Gasteiger charge is -2.27. The summed E-state index contributed by atoms with van der Waals surface area (Å²) in [6.45, 7) is 1.91. The number of para-hydroxylation sites is 1. The molecule has 2 heterocycles. The zero-order valence-corrected chi connectivity index (χ0v) is 21.1. The molecule has 1 N–H and O–H groups in total. The Labute approximate surface area is 214 Å². The third-order valence-electron chi connectivity index (χ3n) is 6.46. The first-order valence-electron chi connectivity index (χ1n) is 11.5. The summed E-state index contributed by atoms with van der Waals surface area (Å²) in [6.07, 6.45) is 1.98. The van der Waals surface area contributed by atoms with Gasteiger partial charge in [-0.15, -0.1) is 0 Å². The van der Waals surface area contributed by atoms with Gasteiger partial charge in [-0.3, -0.25) is 9.59 Å². The summed E-state index contributed by atoms with van der Waals surface area (Å²) < 4.78 is 28.8. The van der Waals surface area contributed by atoms with E-state index in [1.807, 2.05) is 37.4 Å². The van der Waals surface area contributed by atoms with Gasteiger partial charge in [-0.1, -0.05) is 47.5 Å². The van der Waals surface area contributed by atoms with Crippen molar-refractivity contribution < 1.29 is 18.0 Å². The predicted octanol–water partition coefficient (Wildman–Crippen LogP) is 4.70. The van der Waals surface area contributed by atoms with Crippen LogP contribution in [0.4, 0.5) is 5.69 Å². The Morgan fingerprint density at radius 2 is 1.69 bits per heavy atom. The van der Waals surface area contributed by atoms with Gasteiger partial charge in [0.15, 0.2) is 0 Å². The Hall–Kier alpha value is -3.46. The second kappa shape index (κ2) is 9.54. The van der Waals surface area contributed by atoms with Crippen LogP contribution in [0.15, 0.2) is 83.9 Å². The number of sulfonamides is 1. The molecule has 36 heavy (non-hydrogen) atoms. The molecule has 5 rings (SSSR count). The first-order valence-corrected chi connectivity index (χ1v) is 13.3. The van der Waals surface area contributed by atoms with E-state index in [-0.39, 0.29) is 17.9 Å². The molecule has 4 aromatic rings. The number of benzene rings is 3. The number of amides is 2. The molecule has 0 radical (unpaired) electrons. The standard InChI is InChI=1S/C27H24ClN3O4S/c1-18-6-12-22(13-7-18)36(34,35)30(15-14-19-17-29-24-5-3-2-4-23(19)24)25-16-26(32)31(27(25)33)21-10-8-20(28)9-11-21/h2-13,17,25,29H,14-16H2,1H3. The van der Waals surface area contributed by atoms with Crippen molar-refractivity contribution in [1.29, 1.82) is 0 Å². The number of aromatic nitrogens is 1. The maximum Gasteiger partial charge on any atom is 0.252 e. The zero-order valence-electron chi connectivity index (χ0n) is 19.5. The molecule has 1 aliphatic rings. The summed E-state index contributed by atoms with van der Waals surface area (Å²) in [5.74, 6) is -1.03. The monoisotopic (exact) mass is 521 g/mol. The lowest BCUT2D eigenvalue weighted by molar-refractivity contribution is -0.122. The van der Waals surface area contributed by atoms with E-state index in [2.05, 4.69) is 4.98 Å². The maximum atomic E-state index is 13.8. The molecule has 1 aliphatic heterocycles. The van der Waals surface area contributed by atoms with Crippen LogP contribution in [0.3, 0.4) is 0 Å². The first kappa shape index (κ1) is 24.2. The van der Waals surface area contributed by atoms with Gasteiger partial charge >= 0.3 is 0 Å². The Morgan fingerprint density at radius 1 is 1.00 bits per heavy atom. The number of carbonyl (C=O) groups is 2. The van der Waals surface area contributed by atoms with E-state index in [1.54, 1.807) is 36.4 Å². The third kappa shape index (κ3) is 4.43. The van der Waals surface area contributed by atoms with Gasteiger partial charge in [-0.2, -0.15) is 4.31 Å². The molecule has 0 saturated carbocycles. The van der Waals surface area contributed by atoms with Crippen molar-refractivity contribution in [3.05, 3.63) is 95.1 Å². The molecular formula is C27H24ClN3O4S. The maximum absolute atomic E-state index is 13.8. The average molecular weight is 522 g/mol. The van der Waals surface area contributed by atoms with Crippen LogP contribution in [0.5, 0.6) is 0 Å². The van der Waals surface area contributed by atoms with E-state index in [4.69, 9.17) is 11.6 Å². The van der Waals surface area contributed by atoms with Gasteiger partial charge in [0.1, 0.15) is 6.04 Å². The van der Waals surface area contributed by atoms with Gasteiger partial charge in [0.05, 0.1) is 17.0 Å². The van der Waals surface area contributed by atoms with Crippen molar-refractivity contribution in [3.8, 4) is 0 Å². The molecule has 1 fully saturated rings. The molecule has 0 spiro atoms. The number of fused-ring (bicyclic) bond motifs is 1. The van der Waals surface area contributed by atoms with E-state index in [0.717, 1.165) is 26.9 Å². The summed E-state index contributed by atoms with van der Waals surface area (Å²) in [4.78, 5) is 30.8. The fourth-order valence-electron chi connectivity index (χ4n) is 4.56. The minimum absolute atomic E-state index is 0.0379. The molecule has 1 aromatic heterocycles. The highest BCUT2D eigenvalue weighted by atomic mass is 35.5. The molecule has 1 saturated heterocycles. The van der Waals surface area contributed by atoms with Crippen molar-refractivity contribution in [2.24, 2.45) is 0 Å². The molecule has 184 valence electrons. The number of carbonyl (C=O) groups excluding carboxylic acids is 2. The normalized spacial score (nSPS) is 16.4. The van der Waals surface area contributed by atoms with E-state index < -0.39 is 27.9 Å². The van der Waals surface area contributed by atoms with Crippen LogP contribution in [-0.4, -0.2) is 42.1 Å². The number of anilines is 1. The third-order valence-corrected chi connectivity index (χ3v) is 8.63. The van der Waals surface area contributed by atoms with E-state index in [0.29, 0.717) is 17.1 Å². The Morgan fingerprint density at radius 3 is 2.42 bits per heavy atom. The Kier molecular flexibility index (Phi) is 6.42. The number of hydrogen-bond donors (Lipinski definition) is 1. The zero-order chi connectivity index (χ0) is 25.4. The van der Waals surface area contributed by atoms with Gasteiger partial charge in [-0.05, 0) is 61.4 Å². The van der Waals surface area contributed by atoms with Crippen molar-refractivity contribution in [3.63, 3.8) is 0 Å². The quantitative estimate of drug-likeness (QED) is 0.357. The molecule has 2 amide bonds. The Balaban J connectivity index is 1.51. The lowest BCUT2D eigenvalue weighted by Crippen LogP contribution is -2.46. The summed E-state index contributed by atoms with van der Waals surface area (Å²) >= 11 is 5.96. The second-order valence-corrected chi connectivity index (χ2v) is 11.1. The van der Waals surface area contributed by atoms with Crippen LogP contribution in [0.1, 0.15) is 17.5 Å². The summed E-state index contributed by atoms with van der Waals surface area (Å²) in [6, 6.07) is 19.4. The van der Waals surface area contributed by atoms with E-state index in [9.17, 15) is 18.0 Å². The number of H-pyrrole nitrogens is 1. The first-order chi connectivity index (χ1) is 17.3. The fraction of sp³-hybridized carbons (Fsp3) is 0.185. The SMILES string of the molecule is Cc1ccc(S(=O)(=O)N(CCc2c[nH]c3ccccc23)C2CC(=O)N(c3ccc(Cl)cc3)C2=O)cc1. The van der Waals surface area contributed by atoms with Gasteiger partial charge in [0.25, 0.3) is 5.91 Å². The Bertz CT molecular complexity index is 1550. The minimum atomic E-state index is -4.07. The largest absolute Gasteiger partial charge is 0.361 e.